The zero-order valence-corrected chi connectivity index (χ0v) is 11.2. The molecule has 0 aromatic heterocycles. The number of rotatable bonds is 4. The van der Waals surface area contributed by atoms with E-state index in [1.807, 2.05) is 24.3 Å². The summed E-state index contributed by atoms with van der Waals surface area (Å²) in [4.78, 5) is 14.1. The number of methoxy groups -OCH3 is 1. The van der Waals surface area contributed by atoms with Gasteiger partial charge in [-0.2, -0.15) is 0 Å². The summed E-state index contributed by atoms with van der Waals surface area (Å²) in [7, 11) is 1.43. The van der Waals surface area contributed by atoms with Gasteiger partial charge in [-0.15, -0.1) is 0 Å². The van der Waals surface area contributed by atoms with E-state index in [0.29, 0.717) is 5.56 Å². The topological polar surface area (TPSA) is 29.5 Å². The molecular formula is C15H21NO2. The van der Waals surface area contributed by atoms with Gasteiger partial charge in [-0.25, -0.2) is 4.79 Å². The SMILES string of the molecule is CCC1CCN(Cc2ccccc2C(=O)OC)C1. The van der Waals surface area contributed by atoms with E-state index in [1.165, 1.54) is 20.0 Å². The summed E-state index contributed by atoms with van der Waals surface area (Å²) < 4.78 is 4.83. The molecule has 3 heteroatoms. The number of hydrogen-bond donors (Lipinski definition) is 0. The lowest BCUT2D eigenvalue weighted by molar-refractivity contribution is 0.0598. The molecule has 0 amide bonds. The zero-order valence-electron chi connectivity index (χ0n) is 11.2. The highest BCUT2D eigenvalue weighted by Crippen LogP contribution is 2.22. The first-order chi connectivity index (χ1) is 8.74. The van der Waals surface area contributed by atoms with Crippen molar-refractivity contribution in [3.8, 4) is 0 Å². The highest BCUT2D eigenvalue weighted by Gasteiger charge is 2.22. The summed E-state index contributed by atoms with van der Waals surface area (Å²) in [6.07, 6.45) is 2.52. The Morgan fingerprint density at radius 2 is 2.22 bits per heavy atom. The molecule has 2 rings (SSSR count). The summed E-state index contributed by atoms with van der Waals surface area (Å²) in [6, 6.07) is 7.73. The molecule has 0 spiro atoms. The monoisotopic (exact) mass is 247 g/mol. The molecule has 0 radical (unpaired) electrons. The quantitative estimate of drug-likeness (QED) is 0.766. The molecular weight excluding hydrogens is 226 g/mol. The van der Waals surface area contributed by atoms with Crippen LogP contribution in [0.25, 0.3) is 0 Å². The number of ether oxygens (including phenoxy) is 1. The third-order valence-electron chi connectivity index (χ3n) is 3.76. The third-order valence-corrected chi connectivity index (χ3v) is 3.76. The minimum absolute atomic E-state index is 0.239. The number of carbonyl (C=O) groups is 1. The van der Waals surface area contributed by atoms with E-state index in [-0.39, 0.29) is 5.97 Å². The van der Waals surface area contributed by atoms with E-state index in [1.54, 1.807) is 0 Å². The largest absolute Gasteiger partial charge is 0.465 e. The molecule has 1 aliphatic heterocycles. The molecule has 1 fully saturated rings. The van der Waals surface area contributed by atoms with E-state index in [2.05, 4.69) is 11.8 Å². The van der Waals surface area contributed by atoms with Gasteiger partial charge in [0.15, 0.2) is 0 Å². The van der Waals surface area contributed by atoms with Crippen molar-refractivity contribution in [2.45, 2.75) is 26.3 Å². The summed E-state index contributed by atoms with van der Waals surface area (Å²) in [6.45, 7) is 5.37. The maximum Gasteiger partial charge on any atom is 0.338 e. The van der Waals surface area contributed by atoms with Crippen LogP contribution in [0.4, 0.5) is 0 Å². The third kappa shape index (κ3) is 2.91. The summed E-state index contributed by atoms with van der Waals surface area (Å²) >= 11 is 0. The lowest BCUT2D eigenvalue weighted by Crippen LogP contribution is -2.21. The van der Waals surface area contributed by atoms with Crippen LogP contribution in [0.3, 0.4) is 0 Å². The molecule has 0 bridgehead atoms. The Hall–Kier alpha value is -1.35. The summed E-state index contributed by atoms with van der Waals surface area (Å²) in [5.74, 6) is 0.576. The van der Waals surface area contributed by atoms with Crippen molar-refractivity contribution in [3.05, 3.63) is 35.4 Å². The highest BCUT2D eigenvalue weighted by molar-refractivity contribution is 5.90. The van der Waals surface area contributed by atoms with Gasteiger partial charge in [0.25, 0.3) is 0 Å². The molecule has 1 aromatic carbocycles. The van der Waals surface area contributed by atoms with Crippen LogP contribution in [0, 0.1) is 5.92 Å². The maximum absolute atomic E-state index is 11.7. The van der Waals surface area contributed by atoms with Crippen molar-refractivity contribution in [2.75, 3.05) is 20.2 Å². The van der Waals surface area contributed by atoms with E-state index in [9.17, 15) is 4.79 Å². The van der Waals surface area contributed by atoms with Crippen molar-refractivity contribution in [2.24, 2.45) is 5.92 Å². The van der Waals surface area contributed by atoms with E-state index in [4.69, 9.17) is 4.74 Å². The Morgan fingerprint density at radius 1 is 1.44 bits per heavy atom. The molecule has 18 heavy (non-hydrogen) atoms. The molecule has 1 saturated heterocycles. The highest BCUT2D eigenvalue weighted by atomic mass is 16.5. The van der Waals surface area contributed by atoms with Crippen LogP contribution >= 0.6 is 0 Å². The minimum Gasteiger partial charge on any atom is -0.465 e. The Balaban J connectivity index is 2.07. The Bertz CT molecular complexity index is 417. The summed E-state index contributed by atoms with van der Waals surface area (Å²) in [5.41, 5.74) is 1.76. The van der Waals surface area contributed by atoms with Gasteiger partial charge in [0.2, 0.25) is 0 Å². The predicted octanol–water partition coefficient (Wildman–Crippen LogP) is 2.71. The van der Waals surface area contributed by atoms with Crippen molar-refractivity contribution in [1.29, 1.82) is 0 Å². The van der Waals surface area contributed by atoms with E-state index < -0.39 is 0 Å². The average Bonchev–Trinajstić information content (AvgIpc) is 2.86. The Kier molecular flexibility index (Phi) is 4.37. The van der Waals surface area contributed by atoms with Crippen molar-refractivity contribution in [3.63, 3.8) is 0 Å². The standard InChI is InChI=1S/C15H21NO2/c1-3-12-8-9-16(10-12)11-13-6-4-5-7-14(13)15(17)18-2/h4-7,12H,3,8-11H2,1-2H3. The second kappa shape index (κ2) is 6.01. The van der Waals surface area contributed by atoms with Crippen molar-refractivity contribution in [1.82, 2.24) is 4.90 Å². The molecule has 1 aliphatic rings. The fourth-order valence-electron chi connectivity index (χ4n) is 2.60. The smallest absolute Gasteiger partial charge is 0.338 e. The Morgan fingerprint density at radius 3 is 2.89 bits per heavy atom. The van der Waals surface area contributed by atoms with Crippen LogP contribution in [0.5, 0.6) is 0 Å². The summed E-state index contributed by atoms with van der Waals surface area (Å²) in [5, 5.41) is 0. The van der Waals surface area contributed by atoms with Gasteiger partial charge < -0.3 is 4.74 Å². The fourth-order valence-corrected chi connectivity index (χ4v) is 2.60. The molecule has 0 aliphatic carbocycles. The molecule has 1 atom stereocenters. The second-order valence-corrected chi connectivity index (χ2v) is 4.95. The number of nitrogens with zero attached hydrogens (tertiary/aromatic N) is 1. The molecule has 1 unspecified atom stereocenters. The van der Waals surface area contributed by atoms with Gasteiger partial charge in [-0.1, -0.05) is 31.5 Å². The fraction of sp³-hybridized carbons (Fsp3) is 0.533. The van der Waals surface area contributed by atoms with Crippen LogP contribution in [0.15, 0.2) is 24.3 Å². The van der Waals surface area contributed by atoms with Gasteiger partial charge in [0.05, 0.1) is 12.7 Å². The van der Waals surface area contributed by atoms with Crippen LogP contribution < -0.4 is 0 Å². The molecule has 0 saturated carbocycles. The molecule has 0 N–H and O–H groups in total. The zero-order chi connectivity index (χ0) is 13.0. The molecule has 98 valence electrons. The number of esters is 1. The molecule has 3 nitrogen and oxygen atoms in total. The van der Waals surface area contributed by atoms with Crippen LogP contribution in [-0.2, 0) is 11.3 Å². The first kappa shape index (κ1) is 13.1. The van der Waals surface area contributed by atoms with Gasteiger partial charge in [-0.3, -0.25) is 4.90 Å². The first-order valence-electron chi connectivity index (χ1n) is 6.63. The maximum atomic E-state index is 11.7. The molecule has 1 aromatic rings. The van der Waals surface area contributed by atoms with Crippen molar-refractivity contribution >= 4 is 5.97 Å². The van der Waals surface area contributed by atoms with Crippen LogP contribution in [0.2, 0.25) is 0 Å². The van der Waals surface area contributed by atoms with E-state index >= 15 is 0 Å². The number of likely N-dealkylation sites (tertiary alicyclic amines) is 1. The van der Waals surface area contributed by atoms with Crippen LogP contribution in [-0.4, -0.2) is 31.1 Å². The van der Waals surface area contributed by atoms with Gasteiger partial charge in [0.1, 0.15) is 0 Å². The van der Waals surface area contributed by atoms with Gasteiger partial charge in [-0.05, 0) is 30.5 Å². The van der Waals surface area contributed by atoms with Gasteiger partial charge in [0, 0.05) is 13.1 Å². The van der Waals surface area contributed by atoms with Crippen LogP contribution in [0.1, 0.15) is 35.7 Å². The first-order valence-corrected chi connectivity index (χ1v) is 6.63. The van der Waals surface area contributed by atoms with Gasteiger partial charge >= 0.3 is 5.97 Å². The number of benzene rings is 1. The number of hydrogen-bond acceptors (Lipinski definition) is 3. The van der Waals surface area contributed by atoms with E-state index in [0.717, 1.165) is 31.1 Å². The second-order valence-electron chi connectivity index (χ2n) is 4.95. The lowest BCUT2D eigenvalue weighted by atomic mass is 10.1. The van der Waals surface area contributed by atoms with Crippen molar-refractivity contribution < 1.29 is 9.53 Å². The Labute approximate surface area is 109 Å². The predicted molar refractivity (Wildman–Crippen MR) is 71.5 cm³/mol. The minimum atomic E-state index is -0.239. The average molecular weight is 247 g/mol. The number of carbonyl (C=O) groups excluding carboxylic acids is 1. The lowest BCUT2D eigenvalue weighted by Gasteiger charge is -2.17. The molecule has 1 heterocycles. The normalized spacial score (nSPS) is 20.0.